The molecule has 0 aliphatic carbocycles. The molecule has 0 saturated heterocycles. The molecule has 0 aliphatic heterocycles. The summed E-state index contributed by atoms with van der Waals surface area (Å²) >= 11 is 7.13. The van der Waals surface area contributed by atoms with Crippen molar-refractivity contribution in [2.24, 2.45) is 5.92 Å². The summed E-state index contributed by atoms with van der Waals surface area (Å²) < 4.78 is 0. The highest BCUT2D eigenvalue weighted by atomic mass is 35.5. The summed E-state index contributed by atoms with van der Waals surface area (Å²) in [7, 11) is 0. The van der Waals surface area contributed by atoms with Crippen molar-refractivity contribution in [3.8, 4) is 0 Å². The van der Waals surface area contributed by atoms with Crippen LogP contribution in [0.25, 0.3) is 0 Å². The molecule has 0 fully saturated rings. The minimum absolute atomic E-state index is 0.0101. The molecule has 0 aromatic heterocycles. The van der Waals surface area contributed by atoms with E-state index >= 15 is 0 Å². The van der Waals surface area contributed by atoms with Crippen LogP contribution in [0.3, 0.4) is 0 Å². The first-order chi connectivity index (χ1) is 4.70. The predicted octanol–water partition coefficient (Wildman–Crippen LogP) is 2.18. The van der Waals surface area contributed by atoms with E-state index in [9.17, 15) is 4.79 Å². The molecule has 0 N–H and O–H groups in total. The number of hydrogen-bond acceptors (Lipinski definition) is 2. The highest BCUT2D eigenvalue weighted by molar-refractivity contribution is 8.00. The molecule has 0 heterocycles. The third kappa shape index (κ3) is 5.12. The average molecular weight is 181 g/mol. The Labute approximate surface area is 71.5 Å². The van der Waals surface area contributed by atoms with Crippen molar-refractivity contribution in [2.75, 3.05) is 11.6 Å². The summed E-state index contributed by atoms with van der Waals surface area (Å²) in [5.41, 5.74) is 0. The number of carbonyl (C=O) groups is 1. The molecule has 3 heteroatoms. The van der Waals surface area contributed by atoms with Crippen LogP contribution in [0.5, 0.6) is 0 Å². The van der Waals surface area contributed by atoms with Gasteiger partial charge in [-0.15, -0.1) is 23.4 Å². The van der Waals surface area contributed by atoms with Gasteiger partial charge in [0.25, 0.3) is 0 Å². The molecule has 0 spiro atoms. The van der Waals surface area contributed by atoms with Crippen LogP contribution >= 0.6 is 23.4 Å². The summed E-state index contributed by atoms with van der Waals surface area (Å²) in [4.78, 5) is 10.2. The Morgan fingerprint density at radius 1 is 1.60 bits per heavy atom. The summed E-state index contributed by atoms with van der Waals surface area (Å²) in [5, 5.41) is -0.0101. The van der Waals surface area contributed by atoms with Crippen LogP contribution < -0.4 is 0 Å². The average Bonchev–Trinajstić information content (AvgIpc) is 1.90. The fourth-order valence-electron chi connectivity index (χ4n) is 0.436. The Hall–Kier alpha value is 0.310. The maximum atomic E-state index is 10.2. The minimum atomic E-state index is -0.0101. The van der Waals surface area contributed by atoms with Crippen LogP contribution in [0, 0.1) is 5.92 Å². The largest absolute Gasteiger partial charge is 0.302 e. The lowest BCUT2D eigenvalue weighted by molar-refractivity contribution is -0.107. The lowest BCUT2D eigenvalue weighted by Gasteiger charge is -2.07. The summed E-state index contributed by atoms with van der Waals surface area (Å²) in [6.07, 6.45) is 0.917. The van der Waals surface area contributed by atoms with Crippen LogP contribution in [0.1, 0.15) is 13.8 Å². The van der Waals surface area contributed by atoms with Crippen molar-refractivity contribution in [1.82, 2.24) is 0 Å². The Kier molecular flexibility index (Phi) is 6.24. The molecule has 1 unspecified atom stereocenters. The van der Waals surface area contributed by atoms with Crippen molar-refractivity contribution in [2.45, 2.75) is 19.1 Å². The highest BCUT2D eigenvalue weighted by Crippen LogP contribution is 2.13. The van der Waals surface area contributed by atoms with E-state index in [4.69, 9.17) is 11.6 Å². The highest BCUT2D eigenvalue weighted by Gasteiger charge is 2.05. The van der Waals surface area contributed by atoms with E-state index < -0.39 is 0 Å². The normalized spacial score (nSPS) is 13.6. The molecule has 0 aromatic carbocycles. The van der Waals surface area contributed by atoms with E-state index in [2.05, 4.69) is 13.8 Å². The molecule has 0 aliphatic rings. The molecule has 0 aromatic rings. The molecular weight excluding hydrogens is 168 g/mol. The standard InChI is InChI=1S/C7H13ClOS/c1-6(2)5-10-7(3-8)4-9/h4,6-7H,3,5H2,1-2H3. The molecule has 0 rings (SSSR count). The Morgan fingerprint density at radius 2 is 2.20 bits per heavy atom. The van der Waals surface area contributed by atoms with E-state index in [-0.39, 0.29) is 5.25 Å². The lowest BCUT2D eigenvalue weighted by atomic mass is 10.3. The fourth-order valence-corrected chi connectivity index (χ4v) is 1.58. The van der Waals surface area contributed by atoms with E-state index in [1.54, 1.807) is 11.8 Å². The first-order valence-corrected chi connectivity index (χ1v) is 4.92. The van der Waals surface area contributed by atoms with Crippen molar-refractivity contribution >= 4 is 29.6 Å². The Bertz CT molecular complexity index is 95.6. The molecule has 1 nitrogen and oxygen atoms in total. The smallest absolute Gasteiger partial charge is 0.134 e. The molecule has 1 atom stereocenters. The maximum absolute atomic E-state index is 10.2. The number of aldehydes is 1. The predicted molar refractivity (Wildman–Crippen MR) is 47.9 cm³/mol. The molecule has 0 bridgehead atoms. The fraction of sp³-hybridized carbons (Fsp3) is 0.857. The second-order valence-electron chi connectivity index (χ2n) is 2.56. The first-order valence-electron chi connectivity index (χ1n) is 3.33. The number of hydrogen-bond donors (Lipinski definition) is 0. The number of alkyl halides is 1. The van der Waals surface area contributed by atoms with Crippen molar-refractivity contribution in [1.29, 1.82) is 0 Å². The van der Waals surface area contributed by atoms with E-state index in [1.807, 2.05) is 0 Å². The van der Waals surface area contributed by atoms with Crippen LogP contribution in [-0.4, -0.2) is 23.2 Å². The summed E-state index contributed by atoms with van der Waals surface area (Å²) in [6.45, 7) is 4.26. The van der Waals surface area contributed by atoms with Gasteiger partial charge in [-0.25, -0.2) is 0 Å². The molecule has 10 heavy (non-hydrogen) atoms. The van der Waals surface area contributed by atoms with Gasteiger partial charge in [-0.05, 0) is 11.7 Å². The summed E-state index contributed by atoms with van der Waals surface area (Å²) in [5.74, 6) is 2.08. The van der Waals surface area contributed by atoms with Gasteiger partial charge >= 0.3 is 0 Å². The first kappa shape index (κ1) is 10.3. The van der Waals surface area contributed by atoms with Crippen LogP contribution in [0.2, 0.25) is 0 Å². The molecular formula is C7H13ClOS. The van der Waals surface area contributed by atoms with E-state index in [0.717, 1.165) is 12.0 Å². The Balaban J connectivity index is 3.34. The zero-order valence-corrected chi connectivity index (χ0v) is 7.91. The van der Waals surface area contributed by atoms with Crippen molar-refractivity contribution in [3.05, 3.63) is 0 Å². The van der Waals surface area contributed by atoms with Gasteiger partial charge in [0, 0.05) is 5.88 Å². The number of halogens is 1. The minimum Gasteiger partial charge on any atom is -0.302 e. The third-order valence-corrected chi connectivity index (χ3v) is 3.03. The lowest BCUT2D eigenvalue weighted by Crippen LogP contribution is -2.08. The van der Waals surface area contributed by atoms with Crippen LogP contribution in [0.15, 0.2) is 0 Å². The van der Waals surface area contributed by atoms with Crippen LogP contribution in [-0.2, 0) is 4.79 Å². The maximum Gasteiger partial charge on any atom is 0.134 e. The quantitative estimate of drug-likeness (QED) is 0.477. The number of rotatable bonds is 5. The molecule has 0 saturated carbocycles. The topological polar surface area (TPSA) is 17.1 Å². The van der Waals surface area contributed by atoms with E-state index in [0.29, 0.717) is 11.8 Å². The van der Waals surface area contributed by atoms with Gasteiger partial charge in [-0.2, -0.15) is 0 Å². The third-order valence-electron chi connectivity index (χ3n) is 0.947. The zero-order chi connectivity index (χ0) is 7.98. The second-order valence-corrected chi connectivity index (χ2v) is 4.14. The second kappa shape index (κ2) is 6.05. The van der Waals surface area contributed by atoms with Crippen LogP contribution in [0.4, 0.5) is 0 Å². The number of thioether (sulfide) groups is 1. The summed E-state index contributed by atoms with van der Waals surface area (Å²) in [6, 6.07) is 0. The zero-order valence-electron chi connectivity index (χ0n) is 6.34. The van der Waals surface area contributed by atoms with Gasteiger partial charge in [0.1, 0.15) is 6.29 Å². The van der Waals surface area contributed by atoms with Crippen molar-refractivity contribution in [3.63, 3.8) is 0 Å². The van der Waals surface area contributed by atoms with Gasteiger partial charge in [0.15, 0.2) is 0 Å². The molecule has 0 radical (unpaired) electrons. The van der Waals surface area contributed by atoms with Gasteiger partial charge in [0.2, 0.25) is 0 Å². The molecule has 60 valence electrons. The number of carbonyl (C=O) groups excluding carboxylic acids is 1. The van der Waals surface area contributed by atoms with E-state index in [1.165, 1.54) is 0 Å². The van der Waals surface area contributed by atoms with Gasteiger partial charge < -0.3 is 4.79 Å². The SMILES string of the molecule is CC(C)CSC(C=O)CCl. The molecule has 0 amide bonds. The van der Waals surface area contributed by atoms with Gasteiger partial charge in [0.05, 0.1) is 5.25 Å². The van der Waals surface area contributed by atoms with Gasteiger partial charge in [-0.1, -0.05) is 13.8 Å². The Morgan fingerprint density at radius 3 is 2.50 bits per heavy atom. The monoisotopic (exact) mass is 180 g/mol. The van der Waals surface area contributed by atoms with Crippen molar-refractivity contribution < 1.29 is 4.79 Å². The van der Waals surface area contributed by atoms with Gasteiger partial charge in [-0.3, -0.25) is 0 Å².